The van der Waals surface area contributed by atoms with E-state index >= 15 is 0 Å². The van der Waals surface area contributed by atoms with Crippen LogP contribution in [0, 0.1) is 0 Å². The Kier molecular flexibility index (Phi) is 6.48. The largest absolute Gasteiger partial charge is 0.496 e. The summed E-state index contributed by atoms with van der Waals surface area (Å²) in [5.74, 6) is -0.0161. The van der Waals surface area contributed by atoms with Crippen LogP contribution in [0.25, 0.3) is 11.6 Å². The van der Waals surface area contributed by atoms with Crippen molar-refractivity contribution in [3.8, 4) is 5.75 Å². The fourth-order valence-corrected chi connectivity index (χ4v) is 3.29. The van der Waals surface area contributed by atoms with Gasteiger partial charge in [-0.15, -0.1) is 0 Å². The van der Waals surface area contributed by atoms with Crippen LogP contribution in [0.1, 0.15) is 30.9 Å². The van der Waals surface area contributed by atoms with Crippen LogP contribution in [-0.2, 0) is 14.3 Å². The van der Waals surface area contributed by atoms with E-state index in [9.17, 15) is 9.59 Å². The van der Waals surface area contributed by atoms with Crippen LogP contribution in [0.2, 0.25) is 0 Å². The number of para-hydroxylation sites is 1. The number of methoxy groups -OCH3 is 1. The molecule has 0 N–H and O–H groups in total. The second-order valence-corrected chi connectivity index (χ2v) is 6.75. The highest BCUT2D eigenvalue weighted by Crippen LogP contribution is 2.26. The van der Waals surface area contributed by atoms with E-state index in [4.69, 9.17) is 9.47 Å². The molecule has 1 atom stereocenters. The summed E-state index contributed by atoms with van der Waals surface area (Å²) in [6.45, 7) is 3.08. The molecule has 0 spiro atoms. The van der Waals surface area contributed by atoms with Crippen molar-refractivity contribution in [2.75, 3.05) is 20.2 Å². The smallest absolute Gasteiger partial charge is 0.339 e. The van der Waals surface area contributed by atoms with Gasteiger partial charge in [0.25, 0.3) is 5.91 Å². The molecule has 2 aromatic rings. The van der Waals surface area contributed by atoms with Gasteiger partial charge in [-0.2, -0.15) is 0 Å². The third-order valence-corrected chi connectivity index (χ3v) is 4.79. The molecule has 1 heterocycles. The molecule has 1 saturated heterocycles. The predicted octanol–water partition coefficient (Wildman–Crippen LogP) is 3.79. The average Bonchev–Trinajstić information content (AvgIpc) is 3.27. The van der Waals surface area contributed by atoms with E-state index in [2.05, 4.69) is 0 Å². The number of likely N-dealkylation sites (tertiary alicyclic amines) is 1. The van der Waals surface area contributed by atoms with Gasteiger partial charge in [0.1, 0.15) is 5.75 Å². The molecule has 0 aliphatic carbocycles. The Labute approximate surface area is 165 Å². The number of carbonyl (C=O) groups is 2. The predicted molar refractivity (Wildman–Crippen MR) is 109 cm³/mol. The lowest BCUT2D eigenvalue weighted by atomic mass is 10.0. The number of carbonyl (C=O) groups excluding carboxylic acids is 2. The fraction of sp³-hybridized carbons (Fsp3) is 0.304. The molecule has 146 valence electrons. The van der Waals surface area contributed by atoms with E-state index in [1.165, 1.54) is 0 Å². The zero-order chi connectivity index (χ0) is 19.9. The van der Waals surface area contributed by atoms with E-state index in [1.807, 2.05) is 54.6 Å². The summed E-state index contributed by atoms with van der Waals surface area (Å²) in [6, 6.07) is 16.7. The van der Waals surface area contributed by atoms with Gasteiger partial charge in [0.15, 0.2) is 6.10 Å². The van der Waals surface area contributed by atoms with Crippen molar-refractivity contribution in [3.05, 3.63) is 65.7 Å². The molecule has 0 saturated carbocycles. The molecule has 0 unspecified atom stereocenters. The Hall–Kier alpha value is -3.08. The van der Waals surface area contributed by atoms with Crippen LogP contribution in [0.3, 0.4) is 0 Å². The zero-order valence-electron chi connectivity index (χ0n) is 16.3. The van der Waals surface area contributed by atoms with E-state index in [0.29, 0.717) is 11.3 Å². The van der Waals surface area contributed by atoms with Gasteiger partial charge in [-0.3, -0.25) is 4.79 Å². The highest BCUT2D eigenvalue weighted by molar-refractivity contribution is 6.22. The highest BCUT2D eigenvalue weighted by Gasteiger charge is 2.27. The molecule has 2 aromatic carbocycles. The molecule has 1 fully saturated rings. The average molecular weight is 379 g/mol. The Balaban J connectivity index is 1.87. The van der Waals surface area contributed by atoms with Crippen LogP contribution in [0.4, 0.5) is 0 Å². The monoisotopic (exact) mass is 379 g/mol. The van der Waals surface area contributed by atoms with Crippen molar-refractivity contribution in [3.63, 3.8) is 0 Å². The summed E-state index contributed by atoms with van der Waals surface area (Å²) >= 11 is 0. The quantitative estimate of drug-likeness (QED) is 0.435. The van der Waals surface area contributed by atoms with E-state index in [0.717, 1.165) is 37.1 Å². The topological polar surface area (TPSA) is 55.8 Å². The minimum Gasteiger partial charge on any atom is -0.496 e. The molecular formula is C23H25NO4. The molecule has 28 heavy (non-hydrogen) atoms. The molecule has 0 aromatic heterocycles. The zero-order valence-corrected chi connectivity index (χ0v) is 16.3. The lowest BCUT2D eigenvalue weighted by molar-refractivity contribution is -0.153. The van der Waals surface area contributed by atoms with Crippen LogP contribution in [0.5, 0.6) is 5.75 Å². The van der Waals surface area contributed by atoms with Crippen molar-refractivity contribution >= 4 is 23.5 Å². The second-order valence-electron chi connectivity index (χ2n) is 6.75. The van der Waals surface area contributed by atoms with Crippen molar-refractivity contribution in [2.45, 2.75) is 25.9 Å². The van der Waals surface area contributed by atoms with E-state index in [1.54, 1.807) is 25.0 Å². The van der Waals surface area contributed by atoms with Crippen LogP contribution in [0.15, 0.2) is 54.6 Å². The van der Waals surface area contributed by atoms with Gasteiger partial charge in [0, 0.05) is 18.7 Å². The summed E-state index contributed by atoms with van der Waals surface area (Å²) < 4.78 is 10.9. The first kappa shape index (κ1) is 19.7. The van der Waals surface area contributed by atoms with Gasteiger partial charge in [-0.25, -0.2) is 4.79 Å². The number of nitrogens with zero attached hydrogens (tertiary/aromatic N) is 1. The van der Waals surface area contributed by atoms with E-state index in [-0.39, 0.29) is 5.91 Å². The Morgan fingerprint density at radius 3 is 2.32 bits per heavy atom. The molecular weight excluding hydrogens is 354 g/mol. The van der Waals surface area contributed by atoms with Gasteiger partial charge >= 0.3 is 5.97 Å². The van der Waals surface area contributed by atoms with Crippen molar-refractivity contribution in [1.82, 2.24) is 4.90 Å². The van der Waals surface area contributed by atoms with Crippen molar-refractivity contribution < 1.29 is 19.1 Å². The van der Waals surface area contributed by atoms with E-state index < -0.39 is 12.1 Å². The Bertz CT molecular complexity index is 854. The van der Waals surface area contributed by atoms with Crippen molar-refractivity contribution in [2.24, 2.45) is 0 Å². The number of hydrogen-bond acceptors (Lipinski definition) is 4. The standard InChI is InChI=1S/C23H25NO4/c1-17(22(25)24-14-8-9-15-24)28-23(26)20(18-10-4-3-5-11-18)16-19-12-6-7-13-21(19)27-2/h3-7,10-13,16-17H,8-9,14-15H2,1-2H3/b20-16+/t17-/m0/s1. The molecule has 0 bridgehead atoms. The maximum Gasteiger partial charge on any atom is 0.339 e. The van der Waals surface area contributed by atoms with Gasteiger partial charge in [-0.05, 0) is 37.5 Å². The first-order valence-electron chi connectivity index (χ1n) is 9.50. The minimum absolute atomic E-state index is 0.143. The summed E-state index contributed by atoms with van der Waals surface area (Å²) in [7, 11) is 1.59. The number of amides is 1. The molecule has 5 heteroatoms. The van der Waals surface area contributed by atoms with Gasteiger partial charge in [-0.1, -0.05) is 48.5 Å². The molecule has 1 aliphatic rings. The maximum absolute atomic E-state index is 13.0. The number of esters is 1. The fourth-order valence-electron chi connectivity index (χ4n) is 3.29. The van der Waals surface area contributed by atoms with Crippen molar-refractivity contribution in [1.29, 1.82) is 0 Å². The van der Waals surface area contributed by atoms with Crippen LogP contribution >= 0.6 is 0 Å². The maximum atomic E-state index is 13.0. The van der Waals surface area contributed by atoms with Crippen LogP contribution < -0.4 is 4.74 Å². The molecule has 5 nitrogen and oxygen atoms in total. The molecule has 1 amide bonds. The SMILES string of the molecule is COc1ccccc1/C=C(/C(=O)O[C@@H](C)C(=O)N1CCCC1)c1ccccc1. The van der Waals surface area contributed by atoms with Gasteiger partial charge < -0.3 is 14.4 Å². The summed E-state index contributed by atoms with van der Waals surface area (Å²) in [5, 5.41) is 0. The molecule has 3 rings (SSSR count). The number of hydrogen-bond donors (Lipinski definition) is 0. The summed E-state index contributed by atoms with van der Waals surface area (Å²) in [6.07, 6.45) is 2.91. The lowest BCUT2D eigenvalue weighted by Gasteiger charge is -2.21. The number of ether oxygens (including phenoxy) is 2. The van der Waals surface area contributed by atoms with Gasteiger partial charge in [0.05, 0.1) is 12.7 Å². The lowest BCUT2D eigenvalue weighted by Crippen LogP contribution is -2.38. The first-order chi connectivity index (χ1) is 13.6. The minimum atomic E-state index is -0.824. The Morgan fingerprint density at radius 2 is 1.64 bits per heavy atom. The number of benzene rings is 2. The first-order valence-corrected chi connectivity index (χ1v) is 9.50. The summed E-state index contributed by atoms with van der Waals surface area (Å²) in [4.78, 5) is 27.2. The van der Waals surface area contributed by atoms with Crippen LogP contribution in [-0.4, -0.2) is 43.1 Å². The molecule has 0 radical (unpaired) electrons. The number of rotatable bonds is 6. The highest BCUT2D eigenvalue weighted by atomic mass is 16.5. The Morgan fingerprint density at radius 1 is 1.00 bits per heavy atom. The van der Waals surface area contributed by atoms with Gasteiger partial charge in [0.2, 0.25) is 0 Å². The summed E-state index contributed by atoms with van der Waals surface area (Å²) in [5.41, 5.74) is 1.87. The molecule has 1 aliphatic heterocycles. The second kappa shape index (κ2) is 9.22. The normalized spacial score (nSPS) is 15.2. The third-order valence-electron chi connectivity index (χ3n) is 4.79. The third kappa shape index (κ3) is 4.60.